The predicted octanol–water partition coefficient (Wildman–Crippen LogP) is 13.3. The van der Waals surface area contributed by atoms with Gasteiger partial charge in [-0.1, -0.05) is 66.7 Å². The number of aromatic nitrogens is 2. The summed E-state index contributed by atoms with van der Waals surface area (Å²) in [6, 6.07) is 58.4. The van der Waals surface area contributed by atoms with Gasteiger partial charge in [0.1, 0.15) is 34.6 Å². The molecule has 2 aromatic heterocycles. The van der Waals surface area contributed by atoms with Gasteiger partial charge in [0, 0.05) is 63.2 Å². The molecule has 11 rings (SSSR count). The number of ether oxygens (including phenoxy) is 2. The summed E-state index contributed by atoms with van der Waals surface area (Å²) in [5.41, 5.74) is 8.25. The molecule has 0 unspecified atom stereocenters. The molecule has 0 aliphatic carbocycles. The molecule has 254 valence electrons. The second-order valence-corrected chi connectivity index (χ2v) is 13.5. The van der Waals surface area contributed by atoms with Crippen molar-refractivity contribution in [3.8, 4) is 45.3 Å². The molecule has 0 radical (unpaired) electrons. The highest BCUT2D eigenvalue weighted by atomic mass is 16.5. The Morgan fingerprint density at radius 3 is 1.44 bits per heavy atom. The molecule has 7 aromatic carbocycles. The minimum absolute atomic E-state index is 0.794. The fourth-order valence-electron chi connectivity index (χ4n) is 7.86. The number of nitrogens with zero attached hydrogens (tertiary/aromatic N) is 4. The first-order chi connectivity index (χ1) is 26.8. The molecule has 9 aromatic rings. The Kier molecular flexibility index (Phi) is 6.75. The number of para-hydroxylation sites is 2. The van der Waals surface area contributed by atoms with Crippen molar-refractivity contribution in [3.63, 3.8) is 0 Å². The van der Waals surface area contributed by atoms with Gasteiger partial charge in [0.25, 0.3) is 0 Å². The van der Waals surface area contributed by atoms with Crippen molar-refractivity contribution in [2.24, 2.45) is 0 Å². The summed E-state index contributed by atoms with van der Waals surface area (Å²) in [5.74, 6) is 4.87. The number of fused-ring (bicyclic) bond motifs is 5. The first-order valence-corrected chi connectivity index (χ1v) is 18.0. The Morgan fingerprint density at radius 2 is 0.870 bits per heavy atom. The van der Waals surface area contributed by atoms with Crippen LogP contribution in [0.1, 0.15) is 0 Å². The molecule has 0 bridgehead atoms. The van der Waals surface area contributed by atoms with E-state index in [1.165, 1.54) is 0 Å². The largest absolute Gasteiger partial charge is 0.456 e. The molecular formula is C48H30N4O2. The van der Waals surface area contributed by atoms with Crippen LogP contribution >= 0.6 is 0 Å². The smallest absolute Gasteiger partial charge is 0.138 e. The van der Waals surface area contributed by atoms with Gasteiger partial charge in [-0.15, -0.1) is 0 Å². The minimum Gasteiger partial charge on any atom is -0.456 e. The number of benzene rings is 7. The van der Waals surface area contributed by atoms with Crippen LogP contribution < -0.4 is 19.3 Å². The highest BCUT2D eigenvalue weighted by Crippen LogP contribution is 2.56. The standard InChI is InChI=1S/C48H30N4O2/c1-3-13-33(14-4-1)51(45-17-9-10-26-49-45)35-18-20-37-39-22-25-42-48-40(23-24-41(47(39)48)53-43(37)28-35)38-21-19-36(29-44(38)54-42)52(34-15-5-2-6-16-34)46-27-31-11-7-8-12-32(31)30-50-46/h1-30H. The molecular weight excluding hydrogens is 665 g/mol. The van der Waals surface area contributed by atoms with Crippen LogP contribution in [-0.2, 0) is 0 Å². The summed E-state index contributed by atoms with van der Waals surface area (Å²) in [6.45, 7) is 0. The quantitative estimate of drug-likeness (QED) is 0.173. The van der Waals surface area contributed by atoms with E-state index in [1.807, 2.05) is 60.9 Å². The zero-order valence-corrected chi connectivity index (χ0v) is 28.9. The molecule has 0 N–H and O–H groups in total. The van der Waals surface area contributed by atoms with Gasteiger partial charge in [0.2, 0.25) is 0 Å². The zero-order valence-electron chi connectivity index (χ0n) is 28.9. The third-order valence-corrected chi connectivity index (χ3v) is 10.3. The SMILES string of the molecule is c1ccc(N(c2ccc3c(c2)Oc2ccc4c5c(ccc-3c25)Oc2cc(N(c3ccccc3)c3cc5ccccc5cn3)ccc2-4)c2ccccn2)cc1. The van der Waals surface area contributed by atoms with E-state index in [1.54, 1.807) is 0 Å². The van der Waals surface area contributed by atoms with Crippen molar-refractivity contribution < 1.29 is 9.47 Å². The summed E-state index contributed by atoms with van der Waals surface area (Å²) in [4.78, 5) is 13.9. The molecule has 54 heavy (non-hydrogen) atoms. The second-order valence-electron chi connectivity index (χ2n) is 13.5. The number of anilines is 6. The molecule has 2 aliphatic rings. The second kappa shape index (κ2) is 12.1. The maximum absolute atomic E-state index is 6.78. The van der Waals surface area contributed by atoms with Crippen LogP contribution in [0.2, 0.25) is 0 Å². The van der Waals surface area contributed by atoms with Crippen LogP contribution in [0.15, 0.2) is 182 Å². The van der Waals surface area contributed by atoms with E-state index in [-0.39, 0.29) is 0 Å². The Bertz CT molecular complexity index is 2860. The maximum atomic E-state index is 6.78. The topological polar surface area (TPSA) is 50.7 Å². The van der Waals surface area contributed by atoms with Gasteiger partial charge < -0.3 is 9.47 Å². The first kappa shape index (κ1) is 30.2. The Morgan fingerprint density at radius 1 is 0.352 bits per heavy atom. The van der Waals surface area contributed by atoms with Crippen molar-refractivity contribution in [2.45, 2.75) is 0 Å². The van der Waals surface area contributed by atoms with Gasteiger partial charge in [-0.2, -0.15) is 0 Å². The van der Waals surface area contributed by atoms with E-state index in [0.717, 1.165) is 101 Å². The lowest BCUT2D eigenvalue weighted by Crippen LogP contribution is -2.12. The highest BCUT2D eigenvalue weighted by Gasteiger charge is 2.29. The van der Waals surface area contributed by atoms with Crippen LogP contribution in [0.3, 0.4) is 0 Å². The van der Waals surface area contributed by atoms with Gasteiger partial charge in [-0.25, -0.2) is 9.97 Å². The van der Waals surface area contributed by atoms with Crippen LogP contribution in [0.4, 0.5) is 34.4 Å². The third kappa shape index (κ3) is 4.81. The third-order valence-electron chi connectivity index (χ3n) is 10.3. The Hall–Kier alpha value is -7.44. The Labute approximate surface area is 311 Å². The average molecular weight is 695 g/mol. The van der Waals surface area contributed by atoms with Crippen molar-refractivity contribution in [1.82, 2.24) is 9.97 Å². The molecule has 0 saturated heterocycles. The van der Waals surface area contributed by atoms with Crippen molar-refractivity contribution >= 4 is 55.9 Å². The fourth-order valence-corrected chi connectivity index (χ4v) is 7.86. The molecule has 0 spiro atoms. The van der Waals surface area contributed by atoms with Gasteiger partial charge in [0.15, 0.2) is 0 Å². The van der Waals surface area contributed by atoms with E-state index in [9.17, 15) is 0 Å². The molecule has 0 fully saturated rings. The maximum Gasteiger partial charge on any atom is 0.138 e. The summed E-state index contributed by atoms with van der Waals surface area (Å²) in [5, 5.41) is 4.34. The van der Waals surface area contributed by atoms with Gasteiger partial charge in [-0.05, 0) is 108 Å². The molecule has 6 heteroatoms. The normalized spacial score (nSPS) is 12.0. The summed E-state index contributed by atoms with van der Waals surface area (Å²) < 4.78 is 13.5. The van der Waals surface area contributed by atoms with Crippen LogP contribution in [0.5, 0.6) is 23.0 Å². The molecule has 0 saturated carbocycles. The molecule has 6 nitrogen and oxygen atoms in total. The van der Waals surface area contributed by atoms with Crippen molar-refractivity contribution in [3.05, 3.63) is 182 Å². The first-order valence-electron chi connectivity index (χ1n) is 18.0. The number of hydrogen-bond acceptors (Lipinski definition) is 6. The summed E-state index contributed by atoms with van der Waals surface area (Å²) in [7, 11) is 0. The van der Waals surface area contributed by atoms with Gasteiger partial charge >= 0.3 is 0 Å². The van der Waals surface area contributed by atoms with Crippen LogP contribution in [0.25, 0.3) is 43.8 Å². The average Bonchev–Trinajstić information content (AvgIpc) is 3.23. The Balaban J connectivity index is 1.01. The monoisotopic (exact) mass is 694 g/mol. The summed E-state index contributed by atoms with van der Waals surface area (Å²) >= 11 is 0. The lowest BCUT2D eigenvalue weighted by atomic mass is 9.88. The minimum atomic E-state index is 0.794. The fraction of sp³-hybridized carbons (Fsp3) is 0. The summed E-state index contributed by atoms with van der Waals surface area (Å²) in [6.07, 6.45) is 3.76. The van der Waals surface area contributed by atoms with Crippen LogP contribution in [-0.4, -0.2) is 9.97 Å². The molecule has 0 amide bonds. The highest BCUT2D eigenvalue weighted by molar-refractivity contribution is 6.14. The van der Waals surface area contributed by atoms with Gasteiger partial charge in [-0.3, -0.25) is 9.80 Å². The lowest BCUT2D eigenvalue weighted by Gasteiger charge is -2.30. The number of rotatable bonds is 6. The van der Waals surface area contributed by atoms with E-state index in [4.69, 9.17) is 14.5 Å². The lowest BCUT2D eigenvalue weighted by molar-refractivity contribution is 0.480. The molecule has 0 atom stereocenters. The van der Waals surface area contributed by atoms with Gasteiger partial charge in [0.05, 0.1) is 11.4 Å². The zero-order chi connectivity index (χ0) is 35.6. The van der Waals surface area contributed by atoms with E-state index in [0.29, 0.717) is 0 Å². The molecule has 2 aliphatic heterocycles. The van der Waals surface area contributed by atoms with E-state index in [2.05, 4.69) is 136 Å². The van der Waals surface area contributed by atoms with Crippen molar-refractivity contribution in [2.75, 3.05) is 9.80 Å². The number of pyridine rings is 2. The van der Waals surface area contributed by atoms with E-state index < -0.39 is 0 Å². The van der Waals surface area contributed by atoms with E-state index >= 15 is 0 Å². The predicted molar refractivity (Wildman–Crippen MR) is 217 cm³/mol. The molecule has 4 heterocycles. The number of hydrogen-bond donors (Lipinski definition) is 0. The van der Waals surface area contributed by atoms with Crippen molar-refractivity contribution in [1.29, 1.82) is 0 Å². The van der Waals surface area contributed by atoms with Crippen LogP contribution in [0, 0.1) is 0 Å².